The molecular weight excluding hydrogens is 142 g/mol. The van der Waals surface area contributed by atoms with E-state index in [4.69, 9.17) is 10.8 Å². The minimum atomic E-state index is -0.821. The lowest BCUT2D eigenvalue weighted by atomic mass is 9.83. The van der Waals surface area contributed by atoms with Gasteiger partial charge in [-0.1, -0.05) is 13.3 Å². The van der Waals surface area contributed by atoms with E-state index in [1.54, 1.807) is 13.8 Å². The Bertz CT molecular complexity index is 143. The lowest BCUT2D eigenvalue weighted by Gasteiger charge is -2.26. The zero-order chi connectivity index (χ0) is 9.07. The highest BCUT2D eigenvalue weighted by Gasteiger charge is 2.33. The second kappa shape index (κ2) is 3.72. The van der Waals surface area contributed by atoms with Crippen molar-refractivity contribution >= 4 is 5.97 Å². The number of hydrogen-bond acceptors (Lipinski definition) is 2. The van der Waals surface area contributed by atoms with E-state index in [0.29, 0.717) is 0 Å². The molecule has 0 spiro atoms. The SMILES string of the molecule is CCCC(N)C(C)(C)C(=O)O. The lowest BCUT2D eigenvalue weighted by Crippen LogP contribution is -2.43. The van der Waals surface area contributed by atoms with Gasteiger partial charge in [-0.3, -0.25) is 4.79 Å². The van der Waals surface area contributed by atoms with Crippen molar-refractivity contribution < 1.29 is 9.90 Å². The van der Waals surface area contributed by atoms with E-state index >= 15 is 0 Å². The fourth-order valence-corrected chi connectivity index (χ4v) is 0.830. The van der Waals surface area contributed by atoms with Crippen molar-refractivity contribution in [3.8, 4) is 0 Å². The minimum Gasteiger partial charge on any atom is -0.481 e. The normalized spacial score (nSPS) is 14.5. The third kappa shape index (κ3) is 2.50. The van der Waals surface area contributed by atoms with Gasteiger partial charge in [-0.05, 0) is 20.3 Å². The van der Waals surface area contributed by atoms with Gasteiger partial charge < -0.3 is 10.8 Å². The number of rotatable bonds is 4. The highest BCUT2D eigenvalue weighted by atomic mass is 16.4. The first-order valence-corrected chi connectivity index (χ1v) is 3.92. The first kappa shape index (κ1) is 10.4. The van der Waals surface area contributed by atoms with Crippen LogP contribution in [0.3, 0.4) is 0 Å². The number of carbonyl (C=O) groups is 1. The minimum absolute atomic E-state index is 0.245. The van der Waals surface area contributed by atoms with Gasteiger partial charge in [-0.2, -0.15) is 0 Å². The molecule has 11 heavy (non-hydrogen) atoms. The summed E-state index contributed by atoms with van der Waals surface area (Å²) in [6.45, 7) is 5.32. The fourth-order valence-electron chi connectivity index (χ4n) is 0.830. The Labute approximate surface area is 67.6 Å². The molecule has 0 aromatic carbocycles. The quantitative estimate of drug-likeness (QED) is 0.648. The van der Waals surface area contributed by atoms with Gasteiger partial charge in [0.05, 0.1) is 5.41 Å². The smallest absolute Gasteiger partial charge is 0.310 e. The molecule has 0 aliphatic rings. The molecule has 0 saturated heterocycles. The zero-order valence-electron chi connectivity index (χ0n) is 7.42. The lowest BCUT2D eigenvalue weighted by molar-refractivity contribution is -0.148. The number of hydrogen-bond donors (Lipinski definition) is 2. The van der Waals surface area contributed by atoms with Gasteiger partial charge in [0, 0.05) is 6.04 Å². The number of aliphatic carboxylic acids is 1. The molecule has 0 bridgehead atoms. The Balaban J connectivity index is 4.17. The Morgan fingerprint density at radius 2 is 2.09 bits per heavy atom. The molecule has 0 aromatic heterocycles. The molecule has 0 saturated carbocycles. The molecule has 3 N–H and O–H groups in total. The zero-order valence-corrected chi connectivity index (χ0v) is 7.42. The van der Waals surface area contributed by atoms with Crippen molar-refractivity contribution in [1.29, 1.82) is 0 Å². The molecule has 0 radical (unpaired) electrons. The summed E-state index contributed by atoms with van der Waals surface area (Å²) in [5, 5.41) is 8.76. The molecule has 0 heterocycles. The molecule has 1 unspecified atom stereocenters. The van der Waals surface area contributed by atoms with Crippen LogP contribution in [0.4, 0.5) is 0 Å². The average molecular weight is 159 g/mol. The van der Waals surface area contributed by atoms with E-state index in [9.17, 15) is 4.79 Å². The van der Waals surface area contributed by atoms with Crippen molar-refractivity contribution in [3.05, 3.63) is 0 Å². The summed E-state index contributed by atoms with van der Waals surface area (Å²) in [6.07, 6.45) is 1.69. The van der Waals surface area contributed by atoms with Crippen LogP contribution in [0, 0.1) is 5.41 Å². The van der Waals surface area contributed by atoms with E-state index in [0.717, 1.165) is 12.8 Å². The predicted octanol–water partition coefficient (Wildman–Crippen LogP) is 1.22. The maximum atomic E-state index is 10.7. The predicted molar refractivity (Wildman–Crippen MR) is 44.3 cm³/mol. The van der Waals surface area contributed by atoms with Crippen molar-refractivity contribution in [2.75, 3.05) is 0 Å². The van der Waals surface area contributed by atoms with Gasteiger partial charge in [-0.15, -0.1) is 0 Å². The molecule has 0 rings (SSSR count). The summed E-state index contributed by atoms with van der Waals surface area (Å²) >= 11 is 0. The molecule has 66 valence electrons. The first-order chi connectivity index (χ1) is 4.92. The molecule has 3 heteroatoms. The molecule has 0 amide bonds. The Morgan fingerprint density at radius 3 is 2.36 bits per heavy atom. The molecule has 0 aliphatic carbocycles. The van der Waals surface area contributed by atoms with Gasteiger partial charge in [0.15, 0.2) is 0 Å². The second-order valence-electron chi connectivity index (χ2n) is 3.42. The number of carboxylic acid groups (broad SMARTS) is 1. The summed E-state index contributed by atoms with van der Waals surface area (Å²) in [5.41, 5.74) is 4.89. The third-order valence-corrected chi connectivity index (χ3v) is 2.08. The van der Waals surface area contributed by atoms with E-state index in [2.05, 4.69) is 0 Å². The van der Waals surface area contributed by atoms with E-state index < -0.39 is 11.4 Å². The average Bonchev–Trinajstić information content (AvgIpc) is 1.88. The van der Waals surface area contributed by atoms with Crippen LogP contribution in [0.15, 0.2) is 0 Å². The van der Waals surface area contributed by atoms with Crippen LogP contribution in [0.25, 0.3) is 0 Å². The van der Waals surface area contributed by atoms with E-state index in [-0.39, 0.29) is 6.04 Å². The maximum Gasteiger partial charge on any atom is 0.310 e. The summed E-state index contributed by atoms with van der Waals surface area (Å²) in [7, 11) is 0. The molecule has 0 fully saturated rings. The van der Waals surface area contributed by atoms with E-state index in [1.807, 2.05) is 6.92 Å². The molecule has 0 aromatic rings. The van der Waals surface area contributed by atoms with Crippen LogP contribution >= 0.6 is 0 Å². The Hall–Kier alpha value is -0.570. The van der Waals surface area contributed by atoms with Crippen LogP contribution in [-0.4, -0.2) is 17.1 Å². The van der Waals surface area contributed by atoms with E-state index in [1.165, 1.54) is 0 Å². The standard InChI is InChI=1S/C8H17NO2/c1-4-5-6(9)8(2,3)7(10)11/h6H,4-5,9H2,1-3H3,(H,10,11). The summed E-state index contributed by atoms with van der Waals surface area (Å²) < 4.78 is 0. The Morgan fingerprint density at radius 1 is 1.64 bits per heavy atom. The highest BCUT2D eigenvalue weighted by molar-refractivity contribution is 5.74. The van der Waals surface area contributed by atoms with Crippen molar-refractivity contribution in [1.82, 2.24) is 0 Å². The number of carboxylic acids is 1. The van der Waals surface area contributed by atoms with Gasteiger partial charge in [-0.25, -0.2) is 0 Å². The van der Waals surface area contributed by atoms with Crippen molar-refractivity contribution in [2.45, 2.75) is 39.7 Å². The largest absolute Gasteiger partial charge is 0.481 e. The maximum absolute atomic E-state index is 10.7. The summed E-state index contributed by atoms with van der Waals surface area (Å²) in [4.78, 5) is 10.7. The van der Waals surface area contributed by atoms with Gasteiger partial charge >= 0.3 is 5.97 Å². The summed E-state index contributed by atoms with van der Waals surface area (Å²) in [6, 6.07) is -0.245. The molecule has 3 nitrogen and oxygen atoms in total. The van der Waals surface area contributed by atoms with Crippen molar-refractivity contribution in [3.63, 3.8) is 0 Å². The van der Waals surface area contributed by atoms with Crippen LogP contribution in [-0.2, 0) is 4.79 Å². The Kier molecular flexibility index (Phi) is 3.52. The van der Waals surface area contributed by atoms with Crippen LogP contribution in [0.2, 0.25) is 0 Å². The fraction of sp³-hybridized carbons (Fsp3) is 0.875. The third-order valence-electron chi connectivity index (χ3n) is 2.08. The van der Waals surface area contributed by atoms with Crippen LogP contribution in [0.5, 0.6) is 0 Å². The monoisotopic (exact) mass is 159 g/mol. The molecule has 1 atom stereocenters. The molecular formula is C8H17NO2. The molecule has 0 aliphatic heterocycles. The summed E-state index contributed by atoms with van der Waals surface area (Å²) in [5.74, 6) is -0.821. The van der Waals surface area contributed by atoms with Crippen molar-refractivity contribution in [2.24, 2.45) is 11.1 Å². The second-order valence-corrected chi connectivity index (χ2v) is 3.42. The topological polar surface area (TPSA) is 63.3 Å². The first-order valence-electron chi connectivity index (χ1n) is 3.92. The van der Waals surface area contributed by atoms with Crippen LogP contribution in [0.1, 0.15) is 33.6 Å². The van der Waals surface area contributed by atoms with Gasteiger partial charge in [0.2, 0.25) is 0 Å². The van der Waals surface area contributed by atoms with Crippen LogP contribution < -0.4 is 5.73 Å². The van der Waals surface area contributed by atoms with Gasteiger partial charge in [0.1, 0.15) is 0 Å². The highest BCUT2D eigenvalue weighted by Crippen LogP contribution is 2.22. The van der Waals surface area contributed by atoms with Gasteiger partial charge in [0.25, 0.3) is 0 Å². The number of nitrogens with two attached hydrogens (primary N) is 1.